The van der Waals surface area contributed by atoms with Crippen LogP contribution in [0.15, 0.2) is 164 Å². The fraction of sp³-hybridized carbons (Fsp3) is 0.0769. The van der Waals surface area contributed by atoms with Gasteiger partial charge >= 0.3 is 0 Å². The van der Waals surface area contributed by atoms with Crippen molar-refractivity contribution in [3.63, 3.8) is 0 Å². The van der Waals surface area contributed by atoms with Crippen LogP contribution in [0.4, 0.5) is 0 Å². The van der Waals surface area contributed by atoms with Gasteiger partial charge in [-0.25, -0.2) is 0 Å². The van der Waals surface area contributed by atoms with Crippen molar-refractivity contribution >= 4 is 22.6 Å². The Morgan fingerprint density at radius 1 is 0.325 bits per heavy atom. The van der Waals surface area contributed by atoms with Crippen molar-refractivity contribution in [2.45, 2.75) is 20.3 Å². The first-order chi connectivity index (χ1) is 19.7. The lowest BCUT2D eigenvalue weighted by atomic mass is 9.99. The number of hydrogen-bond acceptors (Lipinski definition) is 0. The monoisotopic (exact) mass is 630 g/mol. The molecule has 0 aliphatic carbocycles. The van der Waals surface area contributed by atoms with Crippen molar-refractivity contribution in [2.75, 3.05) is 0 Å². The van der Waals surface area contributed by atoms with Crippen molar-refractivity contribution in [1.29, 1.82) is 0 Å². The maximum absolute atomic E-state index is 2.33. The summed E-state index contributed by atoms with van der Waals surface area (Å²) in [4.78, 5) is 0. The molecule has 6 aromatic carbocycles. The van der Waals surface area contributed by atoms with Gasteiger partial charge in [-0.3, -0.25) is 0 Å². The summed E-state index contributed by atoms with van der Waals surface area (Å²) in [6.07, 6.45) is 1.25. The lowest BCUT2D eigenvalue weighted by molar-refractivity contribution is 1.09. The Balaban J connectivity index is 0.000000169. The van der Waals surface area contributed by atoms with Gasteiger partial charge in [0.15, 0.2) is 0 Å². The largest absolute Gasteiger partial charge is 0.0656 e. The maximum Gasteiger partial charge on any atom is 0.0130 e. The second-order valence-electron chi connectivity index (χ2n) is 9.47. The highest BCUT2D eigenvalue weighted by atomic mass is 127. The van der Waals surface area contributed by atoms with Crippen molar-refractivity contribution < 1.29 is 0 Å². The Kier molecular flexibility index (Phi) is 11.3. The first-order valence-electron chi connectivity index (χ1n) is 13.8. The van der Waals surface area contributed by atoms with Gasteiger partial charge in [0, 0.05) is 3.57 Å². The van der Waals surface area contributed by atoms with Crippen LogP contribution in [0.5, 0.6) is 0 Å². The van der Waals surface area contributed by atoms with Crippen LogP contribution in [0.1, 0.15) is 20.3 Å². The number of benzene rings is 6. The first-order valence-corrected chi connectivity index (χ1v) is 14.9. The molecule has 0 heterocycles. The molecule has 1 heteroatoms. The van der Waals surface area contributed by atoms with Gasteiger partial charge in [-0.1, -0.05) is 160 Å². The smallest absolute Gasteiger partial charge is 0.0130 e. The SMILES string of the molecule is CCC.Ic1ccc(-c2cccc(-c3ccccc3)c2)cc1.c1ccc(-c2cccc(-c3ccccc3)c2)cc1. The first kappa shape index (κ1) is 29.0. The second kappa shape index (κ2) is 15.6. The van der Waals surface area contributed by atoms with Crippen LogP contribution in [-0.2, 0) is 0 Å². The molecule has 40 heavy (non-hydrogen) atoms. The molecule has 0 saturated heterocycles. The van der Waals surface area contributed by atoms with Gasteiger partial charge in [0.1, 0.15) is 0 Å². The second-order valence-corrected chi connectivity index (χ2v) is 10.7. The standard InChI is InChI=1S/C18H13I.C18H14.C3H8/c19-18-11-9-15(10-12-18)17-8-4-7-16(13-17)14-5-2-1-3-6-14;1-3-8-15(9-4-1)17-12-7-13-18(14-17)16-10-5-2-6-11-16;1-3-2/h1-13H;1-14H;3H2,1-2H3. The van der Waals surface area contributed by atoms with Crippen LogP contribution in [0, 0.1) is 3.57 Å². The highest BCUT2D eigenvalue weighted by Crippen LogP contribution is 2.27. The average Bonchev–Trinajstić information content (AvgIpc) is 3.04. The van der Waals surface area contributed by atoms with Gasteiger partial charge in [0.25, 0.3) is 0 Å². The Hall–Kier alpha value is -3.95. The van der Waals surface area contributed by atoms with Gasteiger partial charge in [-0.05, 0) is 91.4 Å². The number of halogens is 1. The van der Waals surface area contributed by atoms with Crippen LogP contribution in [0.25, 0.3) is 44.5 Å². The topological polar surface area (TPSA) is 0 Å². The fourth-order valence-electron chi connectivity index (χ4n) is 4.29. The minimum absolute atomic E-state index is 1.25. The molecule has 0 fully saturated rings. The molecule has 0 aliphatic heterocycles. The van der Waals surface area contributed by atoms with Crippen LogP contribution in [-0.4, -0.2) is 0 Å². The molecule has 0 aromatic heterocycles. The van der Waals surface area contributed by atoms with E-state index >= 15 is 0 Å². The van der Waals surface area contributed by atoms with E-state index in [0.29, 0.717) is 0 Å². The van der Waals surface area contributed by atoms with Gasteiger partial charge in [0.05, 0.1) is 0 Å². The van der Waals surface area contributed by atoms with Crippen molar-refractivity contribution in [3.8, 4) is 44.5 Å². The summed E-state index contributed by atoms with van der Waals surface area (Å²) >= 11 is 2.33. The number of rotatable bonds is 4. The molecular weight excluding hydrogens is 595 g/mol. The van der Waals surface area contributed by atoms with Crippen LogP contribution >= 0.6 is 22.6 Å². The third-order valence-corrected chi connectivity index (χ3v) is 6.94. The minimum Gasteiger partial charge on any atom is -0.0656 e. The quantitative estimate of drug-likeness (QED) is 0.170. The lowest BCUT2D eigenvalue weighted by Crippen LogP contribution is -1.81. The highest BCUT2D eigenvalue weighted by Gasteiger charge is 2.02. The van der Waals surface area contributed by atoms with Crippen LogP contribution < -0.4 is 0 Å². The molecule has 0 spiro atoms. The van der Waals surface area contributed by atoms with E-state index in [4.69, 9.17) is 0 Å². The highest BCUT2D eigenvalue weighted by molar-refractivity contribution is 14.1. The Morgan fingerprint density at radius 3 is 0.875 bits per heavy atom. The van der Waals surface area contributed by atoms with Crippen molar-refractivity contribution in [2.24, 2.45) is 0 Å². The van der Waals surface area contributed by atoms with Crippen LogP contribution in [0.2, 0.25) is 0 Å². The third-order valence-electron chi connectivity index (χ3n) is 6.22. The molecular formula is C39H35I. The third kappa shape index (κ3) is 8.53. The van der Waals surface area contributed by atoms with Gasteiger partial charge in [0.2, 0.25) is 0 Å². The van der Waals surface area contributed by atoms with E-state index in [1.807, 2.05) is 18.2 Å². The summed E-state index contributed by atoms with van der Waals surface area (Å²) in [6.45, 7) is 4.25. The molecule has 0 saturated carbocycles. The Bertz CT molecular complexity index is 1500. The van der Waals surface area contributed by atoms with Gasteiger partial charge < -0.3 is 0 Å². The van der Waals surface area contributed by atoms with Gasteiger partial charge in [-0.15, -0.1) is 0 Å². The zero-order chi connectivity index (χ0) is 28.0. The predicted octanol–water partition coefficient (Wildman–Crippen LogP) is 12.1. The molecule has 0 aliphatic rings. The summed E-state index contributed by atoms with van der Waals surface area (Å²) in [5, 5.41) is 0. The summed E-state index contributed by atoms with van der Waals surface area (Å²) < 4.78 is 1.26. The Labute approximate surface area is 253 Å². The summed E-state index contributed by atoms with van der Waals surface area (Å²) in [5.74, 6) is 0. The van der Waals surface area contributed by atoms with E-state index in [9.17, 15) is 0 Å². The molecule has 0 atom stereocenters. The summed E-state index contributed by atoms with van der Waals surface area (Å²) in [7, 11) is 0. The van der Waals surface area contributed by atoms with E-state index in [0.717, 1.165) is 0 Å². The Morgan fingerprint density at radius 2 is 0.575 bits per heavy atom. The zero-order valence-electron chi connectivity index (χ0n) is 23.2. The molecule has 0 bridgehead atoms. The van der Waals surface area contributed by atoms with E-state index in [-0.39, 0.29) is 0 Å². The van der Waals surface area contributed by atoms with E-state index < -0.39 is 0 Å². The molecule has 198 valence electrons. The van der Waals surface area contributed by atoms with Crippen molar-refractivity contribution in [3.05, 3.63) is 167 Å². The summed E-state index contributed by atoms with van der Waals surface area (Å²) in [6, 6.07) is 57.4. The number of hydrogen-bond donors (Lipinski definition) is 0. The lowest BCUT2D eigenvalue weighted by Gasteiger charge is -2.06. The molecule has 0 amide bonds. The molecule has 0 unspecified atom stereocenters. The molecule has 0 nitrogen and oxygen atoms in total. The van der Waals surface area contributed by atoms with E-state index in [2.05, 4.69) is 182 Å². The fourth-order valence-corrected chi connectivity index (χ4v) is 4.65. The van der Waals surface area contributed by atoms with Crippen molar-refractivity contribution in [1.82, 2.24) is 0 Å². The molecule has 6 rings (SSSR count). The molecule has 0 N–H and O–H groups in total. The van der Waals surface area contributed by atoms with E-state index in [1.165, 1.54) is 54.5 Å². The zero-order valence-corrected chi connectivity index (χ0v) is 25.3. The summed E-state index contributed by atoms with van der Waals surface area (Å²) in [5.41, 5.74) is 10.1. The van der Waals surface area contributed by atoms with Crippen LogP contribution in [0.3, 0.4) is 0 Å². The van der Waals surface area contributed by atoms with Gasteiger partial charge in [-0.2, -0.15) is 0 Å². The maximum atomic E-state index is 2.33. The molecule has 0 radical (unpaired) electrons. The minimum atomic E-state index is 1.25. The normalized spacial score (nSPS) is 9.97. The van der Waals surface area contributed by atoms with E-state index in [1.54, 1.807) is 0 Å². The molecule has 6 aromatic rings. The average molecular weight is 631 g/mol. The predicted molar refractivity (Wildman–Crippen MR) is 183 cm³/mol.